The number of nitrogens with zero attached hydrogens (tertiary/aromatic N) is 1. The molecule has 34 heavy (non-hydrogen) atoms. The Hall–Kier alpha value is -3.96. The molecule has 0 N–H and O–H groups in total. The highest BCUT2D eigenvalue weighted by molar-refractivity contribution is 7.23. The summed E-state index contributed by atoms with van der Waals surface area (Å²) in [5.41, 5.74) is 2.60. The minimum Gasteiger partial charge on any atom is -0.489 e. The first-order chi connectivity index (χ1) is 16.7. The molecule has 0 aliphatic carbocycles. The van der Waals surface area contributed by atoms with E-state index in [2.05, 4.69) is 35.3 Å². The second-order valence-electron chi connectivity index (χ2n) is 7.75. The van der Waals surface area contributed by atoms with Gasteiger partial charge in [0.15, 0.2) is 0 Å². The topological polar surface area (TPSA) is 47.9 Å². The Labute approximate surface area is 202 Å². The number of rotatable bonds is 7. The summed E-state index contributed by atoms with van der Waals surface area (Å²) in [4.78, 5) is 17.2. The molecule has 0 aliphatic rings. The lowest BCUT2D eigenvalue weighted by Crippen LogP contribution is -2.03. The number of thiophene rings is 1. The van der Waals surface area contributed by atoms with Crippen LogP contribution in [-0.2, 0) is 11.3 Å². The number of ether oxygens (including phenoxy) is 2. The third-order valence-corrected chi connectivity index (χ3v) is 6.62. The summed E-state index contributed by atoms with van der Waals surface area (Å²) >= 11 is 1.48. The summed E-state index contributed by atoms with van der Waals surface area (Å²) < 4.78 is 12.3. The molecule has 0 aliphatic heterocycles. The lowest BCUT2D eigenvalue weighted by molar-refractivity contribution is 0.0530. The number of hydrogen-bond acceptors (Lipinski definition) is 5. The van der Waals surface area contributed by atoms with Crippen molar-refractivity contribution in [2.24, 2.45) is 4.99 Å². The molecule has 4 aromatic carbocycles. The van der Waals surface area contributed by atoms with E-state index in [9.17, 15) is 4.79 Å². The van der Waals surface area contributed by atoms with Crippen molar-refractivity contribution in [2.75, 3.05) is 6.61 Å². The van der Waals surface area contributed by atoms with Gasteiger partial charge in [-0.15, -0.1) is 11.3 Å². The van der Waals surface area contributed by atoms with Crippen molar-refractivity contribution in [2.45, 2.75) is 13.5 Å². The van der Waals surface area contributed by atoms with Crippen LogP contribution in [0.5, 0.6) is 5.75 Å². The summed E-state index contributed by atoms with van der Waals surface area (Å²) in [5, 5.41) is 3.93. The molecule has 0 bridgehead atoms. The van der Waals surface area contributed by atoms with E-state index >= 15 is 0 Å². The van der Waals surface area contributed by atoms with Gasteiger partial charge in [0.25, 0.3) is 0 Å². The second-order valence-corrected chi connectivity index (χ2v) is 8.78. The quantitative estimate of drug-likeness (QED) is 0.184. The van der Waals surface area contributed by atoms with Gasteiger partial charge < -0.3 is 9.47 Å². The molecule has 5 aromatic rings. The van der Waals surface area contributed by atoms with Gasteiger partial charge in [-0.3, -0.25) is 0 Å². The largest absolute Gasteiger partial charge is 0.489 e. The van der Waals surface area contributed by atoms with Crippen LogP contribution in [0.1, 0.15) is 28.4 Å². The number of carbonyl (C=O) groups excluding carboxylic acids is 1. The van der Waals surface area contributed by atoms with Crippen molar-refractivity contribution < 1.29 is 14.3 Å². The van der Waals surface area contributed by atoms with Crippen LogP contribution in [0.15, 0.2) is 96.0 Å². The van der Waals surface area contributed by atoms with Gasteiger partial charge in [-0.1, -0.05) is 60.7 Å². The number of fused-ring (bicyclic) bond motifs is 2. The highest BCUT2D eigenvalue weighted by Gasteiger charge is 2.19. The molecule has 5 heteroatoms. The van der Waals surface area contributed by atoms with Crippen LogP contribution in [0.25, 0.3) is 20.9 Å². The molecule has 0 spiro atoms. The Kier molecular flexibility index (Phi) is 6.36. The van der Waals surface area contributed by atoms with Crippen molar-refractivity contribution in [3.05, 3.63) is 108 Å². The van der Waals surface area contributed by atoms with E-state index in [-0.39, 0.29) is 5.97 Å². The summed E-state index contributed by atoms with van der Waals surface area (Å²) in [7, 11) is 0. The van der Waals surface area contributed by atoms with Crippen LogP contribution < -0.4 is 4.74 Å². The Morgan fingerprint density at radius 1 is 0.882 bits per heavy atom. The monoisotopic (exact) mass is 465 g/mol. The van der Waals surface area contributed by atoms with Crippen LogP contribution in [0.4, 0.5) is 5.00 Å². The Morgan fingerprint density at radius 3 is 2.44 bits per heavy atom. The van der Waals surface area contributed by atoms with E-state index < -0.39 is 0 Å². The molecular weight excluding hydrogens is 442 g/mol. The van der Waals surface area contributed by atoms with Crippen LogP contribution >= 0.6 is 11.3 Å². The fourth-order valence-corrected chi connectivity index (χ4v) is 4.92. The standard InChI is InChI=1S/C29H23NO3S/c1-2-32-29(31)27-25-12-5-6-13-26(25)34-28(27)30-18-20-14-16-23(17-15-20)33-19-22-10-7-9-21-8-3-4-11-24(21)22/h3-18H,2,19H2,1H3. The number of esters is 1. The predicted octanol–water partition coefficient (Wildman–Crippen LogP) is 7.56. The molecule has 0 fully saturated rings. The average Bonchev–Trinajstić information content (AvgIpc) is 3.25. The fourth-order valence-electron chi connectivity index (χ4n) is 3.89. The van der Waals surface area contributed by atoms with Gasteiger partial charge in [0, 0.05) is 16.3 Å². The first kappa shape index (κ1) is 21.9. The second kappa shape index (κ2) is 9.89. The summed E-state index contributed by atoms with van der Waals surface area (Å²) in [5.74, 6) is 0.448. The number of benzene rings is 4. The Morgan fingerprint density at radius 2 is 1.62 bits per heavy atom. The van der Waals surface area contributed by atoms with Crippen molar-refractivity contribution in [3.8, 4) is 5.75 Å². The van der Waals surface area contributed by atoms with Crippen LogP contribution in [0.3, 0.4) is 0 Å². The number of carbonyl (C=O) groups is 1. The summed E-state index contributed by atoms with van der Waals surface area (Å²) in [6.07, 6.45) is 1.77. The minimum atomic E-state index is -0.343. The molecule has 0 radical (unpaired) electrons. The van der Waals surface area contributed by atoms with Crippen molar-refractivity contribution in [3.63, 3.8) is 0 Å². The van der Waals surface area contributed by atoms with Crippen LogP contribution in [0, 0.1) is 0 Å². The first-order valence-corrected chi connectivity index (χ1v) is 12.0. The van der Waals surface area contributed by atoms with Crippen molar-refractivity contribution in [1.29, 1.82) is 0 Å². The Balaban J connectivity index is 1.33. The van der Waals surface area contributed by atoms with E-state index in [0.29, 0.717) is 23.8 Å². The Bertz CT molecular complexity index is 1480. The van der Waals surface area contributed by atoms with E-state index in [4.69, 9.17) is 9.47 Å². The van der Waals surface area contributed by atoms with Gasteiger partial charge in [-0.05, 0) is 59.2 Å². The van der Waals surface area contributed by atoms with Gasteiger partial charge in [-0.25, -0.2) is 9.79 Å². The van der Waals surface area contributed by atoms with Crippen LogP contribution in [-0.4, -0.2) is 18.8 Å². The fraction of sp³-hybridized carbons (Fsp3) is 0.103. The zero-order valence-electron chi connectivity index (χ0n) is 18.7. The van der Waals surface area contributed by atoms with E-state index in [0.717, 1.165) is 27.0 Å². The molecule has 0 saturated carbocycles. The van der Waals surface area contributed by atoms with Crippen molar-refractivity contribution in [1.82, 2.24) is 0 Å². The lowest BCUT2D eigenvalue weighted by atomic mass is 10.1. The number of hydrogen-bond donors (Lipinski definition) is 0. The van der Waals surface area contributed by atoms with Gasteiger partial charge in [-0.2, -0.15) is 0 Å². The maximum Gasteiger partial charge on any atom is 0.341 e. The maximum absolute atomic E-state index is 12.6. The normalized spacial score (nSPS) is 11.3. The third kappa shape index (κ3) is 4.56. The van der Waals surface area contributed by atoms with Crippen LogP contribution in [0.2, 0.25) is 0 Å². The lowest BCUT2D eigenvalue weighted by Gasteiger charge is -2.09. The van der Waals surface area contributed by atoms with Gasteiger partial charge >= 0.3 is 5.97 Å². The molecule has 168 valence electrons. The smallest absolute Gasteiger partial charge is 0.341 e. The zero-order valence-corrected chi connectivity index (χ0v) is 19.5. The molecule has 0 amide bonds. The molecular formula is C29H23NO3S. The molecule has 1 aromatic heterocycles. The van der Waals surface area contributed by atoms with E-state index in [1.807, 2.05) is 60.7 Å². The van der Waals surface area contributed by atoms with E-state index in [1.54, 1.807) is 13.1 Å². The molecule has 5 rings (SSSR count). The summed E-state index contributed by atoms with van der Waals surface area (Å²) in [6.45, 7) is 2.63. The molecule has 0 unspecified atom stereocenters. The molecule has 0 atom stereocenters. The minimum absolute atomic E-state index is 0.326. The SMILES string of the molecule is CCOC(=O)c1c(N=Cc2ccc(OCc3cccc4ccccc34)cc2)sc2ccccc12. The van der Waals surface area contributed by atoms with Gasteiger partial charge in [0.05, 0.1) is 6.61 Å². The third-order valence-electron chi connectivity index (χ3n) is 5.54. The highest BCUT2D eigenvalue weighted by Crippen LogP contribution is 2.38. The summed E-state index contributed by atoms with van der Waals surface area (Å²) in [6, 6.07) is 30.1. The predicted molar refractivity (Wildman–Crippen MR) is 140 cm³/mol. The zero-order chi connectivity index (χ0) is 23.3. The van der Waals surface area contributed by atoms with Gasteiger partial charge in [0.2, 0.25) is 0 Å². The number of aliphatic imine (C=N–C) groups is 1. The highest BCUT2D eigenvalue weighted by atomic mass is 32.1. The molecule has 0 saturated heterocycles. The average molecular weight is 466 g/mol. The van der Waals surface area contributed by atoms with Crippen molar-refractivity contribution >= 4 is 49.4 Å². The first-order valence-electron chi connectivity index (χ1n) is 11.1. The maximum atomic E-state index is 12.6. The molecule has 4 nitrogen and oxygen atoms in total. The van der Waals surface area contributed by atoms with Gasteiger partial charge in [0.1, 0.15) is 22.9 Å². The molecule has 1 heterocycles. The van der Waals surface area contributed by atoms with E-state index in [1.165, 1.54) is 22.1 Å².